The Morgan fingerprint density at radius 2 is 1.47 bits per heavy atom. The Hall–Kier alpha value is -3.12. The van der Waals surface area contributed by atoms with Crippen LogP contribution in [0.3, 0.4) is 0 Å². The molecule has 2 aliphatic rings. The zero-order valence-electron chi connectivity index (χ0n) is 20.0. The molecule has 0 saturated carbocycles. The predicted octanol–water partition coefficient (Wildman–Crippen LogP) is 8.31. The number of allylic oxidation sites excluding steroid dienone is 5. The Balaban J connectivity index is 1.93. The SMILES string of the molecule is CC/C=C\C1=C(C)C(=C2/c3ccccc3Cc3cc(C)cc(C)c32)/c2ccc(C)cc2C1. The Morgan fingerprint density at radius 1 is 0.719 bits per heavy atom. The molecule has 0 radical (unpaired) electrons. The highest BCUT2D eigenvalue weighted by atomic mass is 14.3. The Bertz CT molecular complexity index is 1320. The van der Waals surface area contributed by atoms with Crippen molar-refractivity contribution in [1.82, 2.24) is 0 Å². The zero-order chi connectivity index (χ0) is 22.4. The molecule has 0 fully saturated rings. The minimum absolute atomic E-state index is 1.01. The normalized spacial score (nSPS) is 17.4. The van der Waals surface area contributed by atoms with Crippen LogP contribution in [0.25, 0.3) is 11.1 Å². The number of hydrogen-bond acceptors (Lipinski definition) is 0. The average Bonchev–Trinajstić information content (AvgIpc) is 2.76. The monoisotopic (exact) mass is 416 g/mol. The molecule has 0 atom stereocenters. The summed E-state index contributed by atoms with van der Waals surface area (Å²) >= 11 is 0. The molecule has 3 aromatic rings. The summed E-state index contributed by atoms with van der Waals surface area (Å²) in [7, 11) is 0. The van der Waals surface area contributed by atoms with Crippen molar-refractivity contribution in [3.8, 4) is 0 Å². The molecule has 0 spiro atoms. The number of fused-ring (bicyclic) bond motifs is 3. The largest absolute Gasteiger partial charge is 0.0845 e. The van der Waals surface area contributed by atoms with Crippen LogP contribution in [0.5, 0.6) is 0 Å². The molecule has 3 aromatic carbocycles. The topological polar surface area (TPSA) is 0 Å². The second kappa shape index (κ2) is 8.10. The summed E-state index contributed by atoms with van der Waals surface area (Å²) < 4.78 is 0. The van der Waals surface area contributed by atoms with Gasteiger partial charge in [0.25, 0.3) is 0 Å². The van der Waals surface area contributed by atoms with E-state index in [0.29, 0.717) is 0 Å². The number of hydrogen-bond donors (Lipinski definition) is 0. The van der Waals surface area contributed by atoms with Crippen molar-refractivity contribution < 1.29 is 0 Å². The van der Waals surface area contributed by atoms with Gasteiger partial charge in [0.2, 0.25) is 0 Å². The molecule has 0 heterocycles. The molecule has 0 nitrogen and oxygen atoms in total. The van der Waals surface area contributed by atoms with Crippen molar-refractivity contribution in [2.45, 2.75) is 53.9 Å². The molecule has 0 saturated heterocycles. The van der Waals surface area contributed by atoms with E-state index in [1.165, 1.54) is 72.4 Å². The van der Waals surface area contributed by atoms with Crippen molar-refractivity contribution >= 4 is 11.1 Å². The van der Waals surface area contributed by atoms with Gasteiger partial charge in [0.05, 0.1) is 0 Å². The fourth-order valence-corrected chi connectivity index (χ4v) is 5.65. The highest BCUT2D eigenvalue weighted by molar-refractivity contribution is 6.08. The van der Waals surface area contributed by atoms with Crippen molar-refractivity contribution in [3.63, 3.8) is 0 Å². The second-order valence-corrected chi connectivity index (χ2v) is 9.50. The summed E-state index contributed by atoms with van der Waals surface area (Å²) in [4.78, 5) is 0. The second-order valence-electron chi connectivity index (χ2n) is 9.50. The quantitative estimate of drug-likeness (QED) is 0.308. The Labute approximate surface area is 193 Å². The fraction of sp³-hybridized carbons (Fsp3) is 0.250. The molecule has 160 valence electrons. The van der Waals surface area contributed by atoms with Gasteiger partial charge in [-0.2, -0.15) is 0 Å². The molecule has 2 aliphatic carbocycles. The van der Waals surface area contributed by atoms with Gasteiger partial charge >= 0.3 is 0 Å². The third-order valence-corrected chi connectivity index (χ3v) is 7.05. The number of rotatable bonds is 2. The van der Waals surface area contributed by atoms with Crippen LogP contribution in [0.1, 0.15) is 70.3 Å². The van der Waals surface area contributed by atoms with Gasteiger partial charge in [-0.15, -0.1) is 0 Å². The summed E-state index contributed by atoms with van der Waals surface area (Å²) in [5.41, 5.74) is 18.4. The molecule has 0 N–H and O–H groups in total. The van der Waals surface area contributed by atoms with Gasteiger partial charge in [-0.3, -0.25) is 0 Å². The maximum absolute atomic E-state index is 2.40. The molecule has 32 heavy (non-hydrogen) atoms. The van der Waals surface area contributed by atoms with Gasteiger partial charge < -0.3 is 0 Å². The zero-order valence-corrected chi connectivity index (χ0v) is 20.0. The van der Waals surface area contributed by atoms with E-state index < -0.39 is 0 Å². The maximum atomic E-state index is 2.40. The van der Waals surface area contributed by atoms with E-state index in [4.69, 9.17) is 0 Å². The first-order valence-electron chi connectivity index (χ1n) is 11.9. The molecule has 0 amide bonds. The summed E-state index contributed by atoms with van der Waals surface area (Å²) in [6, 6.07) is 20.8. The van der Waals surface area contributed by atoms with Gasteiger partial charge in [0, 0.05) is 0 Å². The lowest BCUT2D eigenvalue weighted by molar-refractivity contribution is 1.09. The smallest absolute Gasteiger partial charge is 0.00132 e. The van der Waals surface area contributed by atoms with E-state index in [1.54, 1.807) is 0 Å². The summed E-state index contributed by atoms with van der Waals surface area (Å²) in [6.45, 7) is 11.3. The van der Waals surface area contributed by atoms with Gasteiger partial charge in [-0.25, -0.2) is 0 Å². The van der Waals surface area contributed by atoms with E-state index in [0.717, 1.165) is 19.3 Å². The van der Waals surface area contributed by atoms with Crippen LogP contribution >= 0.6 is 0 Å². The van der Waals surface area contributed by atoms with Crippen molar-refractivity contribution in [1.29, 1.82) is 0 Å². The summed E-state index contributed by atoms with van der Waals surface area (Å²) in [5, 5.41) is 0. The van der Waals surface area contributed by atoms with E-state index in [-0.39, 0.29) is 0 Å². The third kappa shape index (κ3) is 3.39. The van der Waals surface area contributed by atoms with Crippen molar-refractivity contribution in [2.24, 2.45) is 0 Å². The lowest BCUT2D eigenvalue weighted by Gasteiger charge is -2.31. The number of aryl methyl sites for hydroxylation is 3. The van der Waals surface area contributed by atoms with Gasteiger partial charge in [0.1, 0.15) is 0 Å². The van der Waals surface area contributed by atoms with Crippen molar-refractivity contribution in [2.75, 3.05) is 0 Å². The van der Waals surface area contributed by atoms with Crippen molar-refractivity contribution in [3.05, 3.63) is 128 Å². The minimum atomic E-state index is 1.01. The van der Waals surface area contributed by atoms with Crippen LogP contribution < -0.4 is 0 Å². The molecule has 0 aromatic heterocycles. The van der Waals surface area contributed by atoms with Crippen LogP contribution in [0.15, 0.2) is 77.9 Å². The van der Waals surface area contributed by atoms with Crippen LogP contribution in [-0.2, 0) is 12.8 Å². The van der Waals surface area contributed by atoms with Gasteiger partial charge in [-0.1, -0.05) is 84.8 Å². The first kappa shape index (κ1) is 20.8. The maximum Gasteiger partial charge on any atom is -0.00132 e. The molecule has 0 aliphatic heterocycles. The van der Waals surface area contributed by atoms with Gasteiger partial charge in [-0.05, 0) is 108 Å². The van der Waals surface area contributed by atoms with Crippen LogP contribution in [0.2, 0.25) is 0 Å². The van der Waals surface area contributed by atoms with E-state index >= 15 is 0 Å². The van der Waals surface area contributed by atoms with Crippen LogP contribution in [0, 0.1) is 20.8 Å². The van der Waals surface area contributed by atoms with E-state index in [9.17, 15) is 0 Å². The van der Waals surface area contributed by atoms with Crippen LogP contribution in [-0.4, -0.2) is 0 Å². The Kier molecular flexibility index (Phi) is 5.25. The van der Waals surface area contributed by atoms with Crippen LogP contribution in [0.4, 0.5) is 0 Å². The predicted molar refractivity (Wildman–Crippen MR) is 138 cm³/mol. The van der Waals surface area contributed by atoms with Gasteiger partial charge in [0.15, 0.2) is 0 Å². The first-order chi connectivity index (χ1) is 15.5. The molecular weight excluding hydrogens is 384 g/mol. The molecular formula is C32H32. The molecule has 0 bridgehead atoms. The third-order valence-electron chi connectivity index (χ3n) is 7.05. The highest BCUT2D eigenvalue weighted by Gasteiger charge is 2.29. The summed E-state index contributed by atoms with van der Waals surface area (Å²) in [6.07, 6.45) is 7.75. The van der Waals surface area contributed by atoms with E-state index in [2.05, 4.69) is 101 Å². The minimum Gasteiger partial charge on any atom is -0.0845 e. The molecule has 0 heteroatoms. The Morgan fingerprint density at radius 3 is 2.28 bits per heavy atom. The average molecular weight is 417 g/mol. The number of benzene rings is 3. The standard InChI is InChI=1S/C32H32/c1-6-7-10-24-18-26-16-20(2)13-14-29(26)31(23(24)5)32-28-12-9-8-11-25(28)19-27-17-21(3)15-22(4)30(27)32/h7-17H,6,18-19H2,1-5H3/b10-7-,32-31+. The first-order valence-corrected chi connectivity index (χ1v) is 11.9. The molecule has 0 unspecified atom stereocenters. The highest BCUT2D eigenvalue weighted by Crippen LogP contribution is 2.47. The van der Waals surface area contributed by atoms with E-state index in [1.807, 2.05) is 0 Å². The molecule has 5 rings (SSSR count). The fourth-order valence-electron chi connectivity index (χ4n) is 5.65. The lowest BCUT2D eigenvalue weighted by Crippen LogP contribution is -2.14. The summed E-state index contributed by atoms with van der Waals surface area (Å²) in [5.74, 6) is 0. The lowest BCUT2D eigenvalue weighted by atomic mass is 9.72.